The number of fused-ring (bicyclic) bond motifs is 1. The first kappa shape index (κ1) is 14.3. The van der Waals surface area contributed by atoms with Gasteiger partial charge in [0.05, 0.1) is 18.5 Å². The van der Waals surface area contributed by atoms with E-state index < -0.39 is 0 Å². The normalized spacial score (nSPS) is 19.0. The van der Waals surface area contributed by atoms with Crippen molar-refractivity contribution in [3.05, 3.63) is 41.0 Å². The number of pyridine rings is 1. The maximum absolute atomic E-state index is 11.6. The van der Waals surface area contributed by atoms with Gasteiger partial charge in [0.1, 0.15) is 5.15 Å². The first-order valence-corrected chi connectivity index (χ1v) is 7.39. The van der Waals surface area contributed by atoms with E-state index in [1.54, 1.807) is 0 Å². The zero-order valence-corrected chi connectivity index (χ0v) is 12.6. The molecule has 1 aliphatic rings. The van der Waals surface area contributed by atoms with Crippen LogP contribution in [0.25, 0.3) is 10.9 Å². The minimum atomic E-state index is -0.125. The molecular formula is C16H17ClN2O2. The number of nitrogens with zero attached hydrogens (tertiary/aromatic N) is 2. The summed E-state index contributed by atoms with van der Waals surface area (Å²) in [6.45, 7) is 2.31. The fraction of sp³-hybridized carbons (Fsp3) is 0.375. The molecule has 0 saturated carbocycles. The van der Waals surface area contributed by atoms with E-state index in [9.17, 15) is 4.79 Å². The third-order valence-corrected chi connectivity index (χ3v) is 4.28. The van der Waals surface area contributed by atoms with Crippen LogP contribution in [-0.4, -0.2) is 36.1 Å². The van der Waals surface area contributed by atoms with Gasteiger partial charge in [0.15, 0.2) is 0 Å². The van der Waals surface area contributed by atoms with Crippen LogP contribution >= 0.6 is 11.6 Å². The Morgan fingerprint density at radius 2 is 2.29 bits per heavy atom. The molecule has 1 aliphatic heterocycles. The van der Waals surface area contributed by atoms with E-state index in [2.05, 4.69) is 16.0 Å². The average molecular weight is 305 g/mol. The lowest BCUT2D eigenvalue weighted by Gasteiger charge is -2.16. The second-order valence-electron chi connectivity index (χ2n) is 5.37. The molecule has 2 heterocycles. The summed E-state index contributed by atoms with van der Waals surface area (Å²) in [6.07, 6.45) is 0.839. The quantitative estimate of drug-likeness (QED) is 0.646. The van der Waals surface area contributed by atoms with Crippen LogP contribution in [0.4, 0.5) is 0 Å². The standard InChI is InChI=1S/C16H17ClN2O2/c1-21-16(20)12-6-7-19(9-12)10-13-8-11-4-2-3-5-14(11)18-15(13)17/h2-5,8,12H,6-7,9-10H2,1H3. The first-order chi connectivity index (χ1) is 10.2. The Labute approximate surface area is 128 Å². The Hall–Kier alpha value is -1.65. The Balaban J connectivity index is 1.76. The molecule has 4 nitrogen and oxygen atoms in total. The van der Waals surface area contributed by atoms with E-state index in [0.29, 0.717) is 11.7 Å². The zero-order valence-electron chi connectivity index (χ0n) is 11.9. The average Bonchev–Trinajstić information content (AvgIpc) is 2.96. The highest BCUT2D eigenvalue weighted by molar-refractivity contribution is 6.30. The third-order valence-electron chi connectivity index (χ3n) is 3.95. The van der Waals surface area contributed by atoms with Gasteiger partial charge in [-0.3, -0.25) is 9.69 Å². The molecule has 1 aromatic carbocycles. The van der Waals surface area contributed by atoms with Crippen molar-refractivity contribution in [2.24, 2.45) is 5.92 Å². The maximum Gasteiger partial charge on any atom is 0.310 e. The molecule has 2 aromatic rings. The number of halogens is 1. The van der Waals surface area contributed by atoms with Gasteiger partial charge >= 0.3 is 5.97 Å². The number of likely N-dealkylation sites (tertiary alicyclic amines) is 1. The SMILES string of the molecule is COC(=O)C1CCN(Cc2cc3ccccc3nc2Cl)C1. The molecule has 5 heteroatoms. The number of carbonyl (C=O) groups is 1. The summed E-state index contributed by atoms with van der Waals surface area (Å²) in [4.78, 5) is 18.2. The number of aromatic nitrogens is 1. The highest BCUT2D eigenvalue weighted by Gasteiger charge is 2.29. The van der Waals surface area contributed by atoms with Gasteiger partial charge in [0, 0.05) is 24.0 Å². The molecule has 1 unspecified atom stereocenters. The fourth-order valence-corrected chi connectivity index (χ4v) is 3.03. The van der Waals surface area contributed by atoms with Crippen molar-refractivity contribution in [2.75, 3.05) is 20.2 Å². The van der Waals surface area contributed by atoms with E-state index in [4.69, 9.17) is 16.3 Å². The fourth-order valence-electron chi connectivity index (χ4n) is 2.82. The highest BCUT2D eigenvalue weighted by Crippen LogP contribution is 2.25. The van der Waals surface area contributed by atoms with Crippen molar-refractivity contribution in [1.82, 2.24) is 9.88 Å². The van der Waals surface area contributed by atoms with E-state index in [-0.39, 0.29) is 11.9 Å². The summed E-state index contributed by atoms with van der Waals surface area (Å²) in [7, 11) is 1.44. The molecule has 0 N–H and O–H groups in total. The Morgan fingerprint density at radius 1 is 1.48 bits per heavy atom. The van der Waals surface area contributed by atoms with Crippen molar-refractivity contribution in [3.8, 4) is 0 Å². The summed E-state index contributed by atoms with van der Waals surface area (Å²) >= 11 is 6.28. The molecule has 0 radical (unpaired) electrons. The zero-order chi connectivity index (χ0) is 14.8. The van der Waals surface area contributed by atoms with Gasteiger partial charge in [0.25, 0.3) is 0 Å². The van der Waals surface area contributed by atoms with Crippen LogP contribution in [0, 0.1) is 5.92 Å². The van der Waals surface area contributed by atoms with E-state index in [1.165, 1.54) is 7.11 Å². The van der Waals surface area contributed by atoms with Crippen LogP contribution in [-0.2, 0) is 16.1 Å². The number of ether oxygens (including phenoxy) is 1. The second-order valence-corrected chi connectivity index (χ2v) is 5.73. The Kier molecular flexibility index (Phi) is 4.08. The molecular weight excluding hydrogens is 288 g/mol. The van der Waals surface area contributed by atoms with Crippen molar-refractivity contribution < 1.29 is 9.53 Å². The number of methoxy groups -OCH3 is 1. The van der Waals surface area contributed by atoms with Crippen molar-refractivity contribution in [3.63, 3.8) is 0 Å². The highest BCUT2D eigenvalue weighted by atomic mass is 35.5. The van der Waals surface area contributed by atoms with Gasteiger partial charge in [-0.2, -0.15) is 0 Å². The smallest absolute Gasteiger partial charge is 0.310 e. The lowest BCUT2D eigenvalue weighted by molar-refractivity contribution is -0.144. The number of esters is 1. The van der Waals surface area contributed by atoms with Gasteiger partial charge in [0.2, 0.25) is 0 Å². The van der Waals surface area contributed by atoms with E-state index >= 15 is 0 Å². The summed E-state index contributed by atoms with van der Waals surface area (Å²) in [5.74, 6) is -0.151. The van der Waals surface area contributed by atoms with E-state index in [0.717, 1.165) is 36.0 Å². The Bertz CT molecular complexity index is 674. The van der Waals surface area contributed by atoms with Crippen LogP contribution in [0.5, 0.6) is 0 Å². The van der Waals surface area contributed by atoms with Crippen LogP contribution in [0.2, 0.25) is 5.15 Å². The van der Waals surface area contributed by atoms with Crippen LogP contribution < -0.4 is 0 Å². The van der Waals surface area contributed by atoms with Gasteiger partial charge in [-0.1, -0.05) is 29.8 Å². The second kappa shape index (κ2) is 6.00. The predicted octanol–water partition coefficient (Wildman–Crippen LogP) is 2.88. The topological polar surface area (TPSA) is 42.4 Å². The molecule has 1 saturated heterocycles. The number of benzene rings is 1. The summed E-state index contributed by atoms with van der Waals surface area (Å²) in [6, 6.07) is 10.0. The molecule has 0 bridgehead atoms. The van der Waals surface area contributed by atoms with Gasteiger partial charge in [-0.25, -0.2) is 4.98 Å². The van der Waals surface area contributed by atoms with Crippen LogP contribution in [0.1, 0.15) is 12.0 Å². The van der Waals surface area contributed by atoms with Crippen LogP contribution in [0.15, 0.2) is 30.3 Å². The van der Waals surface area contributed by atoms with Gasteiger partial charge < -0.3 is 4.74 Å². The molecule has 21 heavy (non-hydrogen) atoms. The number of hydrogen-bond acceptors (Lipinski definition) is 4. The largest absolute Gasteiger partial charge is 0.469 e. The summed E-state index contributed by atoms with van der Waals surface area (Å²) in [5.41, 5.74) is 1.90. The molecule has 1 fully saturated rings. The number of hydrogen-bond donors (Lipinski definition) is 0. The molecule has 1 aromatic heterocycles. The molecule has 0 amide bonds. The number of para-hydroxylation sites is 1. The maximum atomic E-state index is 11.6. The Morgan fingerprint density at radius 3 is 3.10 bits per heavy atom. The minimum absolute atomic E-state index is 0.0257. The lowest BCUT2D eigenvalue weighted by atomic mass is 10.1. The van der Waals surface area contributed by atoms with Crippen LogP contribution in [0.3, 0.4) is 0 Å². The molecule has 0 aliphatic carbocycles. The monoisotopic (exact) mass is 304 g/mol. The van der Waals surface area contributed by atoms with Gasteiger partial charge in [-0.05, 0) is 25.1 Å². The van der Waals surface area contributed by atoms with Gasteiger partial charge in [-0.15, -0.1) is 0 Å². The van der Waals surface area contributed by atoms with Crippen molar-refractivity contribution in [1.29, 1.82) is 0 Å². The minimum Gasteiger partial charge on any atom is -0.469 e. The van der Waals surface area contributed by atoms with Crippen molar-refractivity contribution in [2.45, 2.75) is 13.0 Å². The van der Waals surface area contributed by atoms with Crippen molar-refractivity contribution >= 4 is 28.5 Å². The number of carbonyl (C=O) groups excluding carboxylic acids is 1. The number of rotatable bonds is 3. The molecule has 1 atom stereocenters. The summed E-state index contributed by atoms with van der Waals surface area (Å²) in [5, 5.41) is 1.62. The van der Waals surface area contributed by atoms with E-state index in [1.807, 2.05) is 24.3 Å². The molecule has 3 rings (SSSR count). The predicted molar refractivity (Wildman–Crippen MR) is 82.2 cm³/mol. The molecule has 110 valence electrons. The summed E-state index contributed by atoms with van der Waals surface area (Å²) < 4.78 is 4.81. The first-order valence-electron chi connectivity index (χ1n) is 7.01. The molecule has 0 spiro atoms. The third kappa shape index (κ3) is 3.01. The lowest BCUT2D eigenvalue weighted by Crippen LogP contribution is -2.23.